The quantitative estimate of drug-likeness (QED) is 0.658. The zero-order chi connectivity index (χ0) is 16.1. The molecule has 0 aliphatic heterocycles. The first kappa shape index (κ1) is 21.7. The van der Waals surface area contributed by atoms with Crippen LogP contribution >= 0.6 is 40.7 Å². The van der Waals surface area contributed by atoms with E-state index in [2.05, 4.69) is 31.5 Å². The van der Waals surface area contributed by atoms with Crippen LogP contribution in [0, 0.1) is 5.92 Å². The molecule has 1 aromatic carbocycles. The summed E-state index contributed by atoms with van der Waals surface area (Å²) in [7, 11) is 0. The van der Waals surface area contributed by atoms with Gasteiger partial charge in [-0.15, -0.1) is 24.8 Å². The number of amides is 1. The summed E-state index contributed by atoms with van der Waals surface area (Å²) in [5.74, 6) is 1.88. The molecule has 0 saturated heterocycles. The number of ether oxygens (including phenoxy) is 1. The highest BCUT2D eigenvalue weighted by Gasteiger charge is 2.20. The fourth-order valence-corrected chi connectivity index (χ4v) is 2.46. The van der Waals surface area contributed by atoms with E-state index in [1.54, 1.807) is 18.3 Å². The summed E-state index contributed by atoms with van der Waals surface area (Å²) in [6, 6.07) is 11.0. The largest absolute Gasteiger partial charge is 0.439 e. The maximum absolute atomic E-state index is 11.8. The van der Waals surface area contributed by atoms with Crippen LogP contribution in [-0.2, 0) is 4.79 Å². The van der Waals surface area contributed by atoms with Crippen LogP contribution < -0.4 is 15.4 Å². The number of anilines is 1. The summed E-state index contributed by atoms with van der Waals surface area (Å²) in [5.41, 5.74) is 0.657. The SMILES string of the molecule is Cl.Cl.O=C(CNCC1CC1)Nc1ccc(Oc2cccc(Br)c2)nc1. The number of rotatable bonds is 7. The predicted molar refractivity (Wildman–Crippen MR) is 107 cm³/mol. The fraction of sp³-hybridized carbons (Fsp3) is 0.294. The third-order valence-electron chi connectivity index (χ3n) is 3.45. The third-order valence-corrected chi connectivity index (χ3v) is 3.95. The maximum Gasteiger partial charge on any atom is 0.238 e. The number of hydrogen-bond donors (Lipinski definition) is 2. The molecule has 1 aliphatic rings. The number of pyridine rings is 1. The van der Waals surface area contributed by atoms with Crippen LogP contribution in [0.15, 0.2) is 47.1 Å². The first-order valence-electron chi connectivity index (χ1n) is 7.59. The van der Waals surface area contributed by atoms with Crippen molar-refractivity contribution in [2.45, 2.75) is 12.8 Å². The molecule has 0 unspecified atom stereocenters. The number of carbonyl (C=O) groups is 1. The summed E-state index contributed by atoms with van der Waals surface area (Å²) < 4.78 is 6.59. The first-order chi connectivity index (χ1) is 11.2. The van der Waals surface area contributed by atoms with Gasteiger partial charge in [-0.05, 0) is 49.6 Å². The van der Waals surface area contributed by atoms with Crippen LogP contribution in [0.4, 0.5) is 5.69 Å². The summed E-state index contributed by atoms with van der Waals surface area (Å²) in [6.45, 7) is 1.25. The average Bonchev–Trinajstić information content (AvgIpc) is 3.34. The minimum atomic E-state index is -0.0619. The highest BCUT2D eigenvalue weighted by atomic mass is 79.9. The van der Waals surface area contributed by atoms with E-state index < -0.39 is 0 Å². The standard InChI is InChI=1S/C17H18BrN3O2.2ClH/c18-13-2-1-3-15(8-13)23-17-7-6-14(10-20-17)21-16(22)11-19-9-12-4-5-12;;/h1-3,6-8,10,12,19H,4-5,9,11H2,(H,21,22);2*1H. The Morgan fingerprint density at radius 1 is 1.24 bits per heavy atom. The Hall–Kier alpha value is -1.34. The van der Waals surface area contributed by atoms with Crippen molar-refractivity contribution < 1.29 is 9.53 Å². The molecule has 25 heavy (non-hydrogen) atoms. The Bertz CT molecular complexity index is 682. The van der Waals surface area contributed by atoms with Crippen molar-refractivity contribution in [1.29, 1.82) is 0 Å². The van der Waals surface area contributed by atoms with Gasteiger partial charge < -0.3 is 15.4 Å². The molecule has 136 valence electrons. The zero-order valence-electron chi connectivity index (χ0n) is 13.4. The fourth-order valence-electron chi connectivity index (χ4n) is 2.08. The van der Waals surface area contributed by atoms with Crippen LogP contribution in [0.3, 0.4) is 0 Å². The second kappa shape index (κ2) is 10.6. The lowest BCUT2D eigenvalue weighted by atomic mass is 10.3. The van der Waals surface area contributed by atoms with E-state index in [1.165, 1.54) is 12.8 Å². The second-order valence-corrected chi connectivity index (χ2v) is 6.48. The van der Waals surface area contributed by atoms with E-state index in [4.69, 9.17) is 4.74 Å². The molecule has 1 amide bonds. The monoisotopic (exact) mass is 447 g/mol. The highest BCUT2D eigenvalue weighted by molar-refractivity contribution is 9.10. The Kier molecular flexibility index (Phi) is 9.21. The van der Waals surface area contributed by atoms with Gasteiger partial charge in [0.25, 0.3) is 0 Å². The minimum Gasteiger partial charge on any atom is -0.439 e. The molecule has 0 radical (unpaired) electrons. The number of aromatic nitrogens is 1. The molecule has 1 aliphatic carbocycles. The normalized spacial score (nSPS) is 12.5. The number of benzene rings is 1. The number of carbonyl (C=O) groups excluding carboxylic acids is 1. The van der Waals surface area contributed by atoms with Crippen molar-refractivity contribution in [3.63, 3.8) is 0 Å². The lowest BCUT2D eigenvalue weighted by Crippen LogP contribution is -2.29. The third kappa shape index (κ3) is 7.61. The minimum absolute atomic E-state index is 0. The molecule has 5 nitrogen and oxygen atoms in total. The molecule has 2 aromatic rings. The van der Waals surface area contributed by atoms with Gasteiger partial charge in [0.2, 0.25) is 11.8 Å². The van der Waals surface area contributed by atoms with Gasteiger partial charge in [-0.1, -0.05) is 22.0 Å². The Balaban J connectivity index is 0.00000156. The van der Waals surface area contributed by atoms with E-state index >= 15 is 0 Å². The van der Waals surface area contributed by atoms with Crippen molar-refractivity contribution in [2.75, 3.05) is 18.4 Å². The van der Waals surface area contributed by atoms with Gasteiger partial charge in [0.1, 0.15) is 5.75 Å². The smallest absolute Gasteiger partial charge is 0.238 e. The lowest BCUT2D eigenvalue weighted by Gasteiger charge is -2.08. The van der Waals surface area contributed by atoms with E-state index in [0.717, 1.165) is 16.9 Å². The van der Waals surface area contributed by atoms with Gasteiger partial charge in [0.05, 0.1) is 18.4 Å². The first-order valence-corrected chi connectivity index (χ1v) is 8.38. The summed E-state index contributed by atoms with van der Waals surface area (Å²) in [6.07, 6.45) is 4.14. The van der Waals surface area contributed by atoms with Crippen molar-refractivity contribution in [2.24, 2.45) is 5.92 Å². The zero-order valence-corrected chi connectivity index (χ0v) is 16.6. The van der Waals surface area contributed by atoms with Crippen LogP contribution in [0.1, 0.15) is 12.8 Å². The Morgan fingerprint density at radius 2 is 2.04 bits per heavy atom. The molecule has 1 saturated carbocycles. The number of nitrogens with one attached hydrogen (secondary N) is 2. The van der Waals surface area contributed by atoms with E-state index in [9.17, 15) is 4.79 Å². The summed E-state index contributed by atoms with van der Waals surface area (Å²) in [4.78, 5) is 16.0. The topological polar surface area (TPSA) is 63.2 Å². The molecular formula is C17H20BrCl2N3O2. The molecular weight excluding hydrogens is 429 g/mol. The molecule has 8 heteroatoms. The van der Waals surface area contributed by atoms with Crippen LogP contribution in [-0.4, -0.2) is 24.0 Å². The van der Waals surface area contributed by atoms with Crippen LogP contribution in [0.2, 0.25) is 0 Å². The lowest BCUT2D eigenvalue weighted by molar-refractivity contribution is -0.115. The van der Waals surface area contributed by atoms with Gasteiger partial charge in [0.15, 0.2) is 0 Å². The van der Waals surface area contributed by atoms with Gasteiger partial charge in [0, 0.05) is 10.5 Å². The average molecular weight is 449 g/mol. The van der Waals surface area contributed by atoms with Gasteiger partial charge >= 0.3 is 0 Å². The molecule has 1 heterocycles. The Morgan fingerprint density at radius 3 is 2.68 bits per heavy atom. The highest BCUT2D eigenvalue weighted by Crippen LogP contribution is 2.27. The van der Waals surface area contributed by atoms with Crippen molar-refractivity contribution in [1.82, 2.24) is 10.3 Å². The molecule has 0 bridgehead atoms. The van der Waals surface area contributed by atoms with Crippen molar-refractivity contribution >= 4 is 52.3 Å². The number of nitrogens with zero attached hydrogens (tertiary/aromatic N) is 1. The van der Waals surface area contributed by atoms with Crippen LogP contribution in [0.25, 0.3) is 0 Å². The molecule has 1 aromatic heterocycles. The number of halogens is 3. The van der Waals surface area contributed by atoms with Crippen molar-refractivity contribution in [3.05, 3.63) is 47.1 Å². The van der Waals surface area contributed by atoms with E-state index in [-0.39, 0.29) is 30.7 Å². The van der Waals surface area contributed by atoms with Gasteiger partial charge in [-0.3, -0.25) is 4.79 Å². The molecule has 1 fully saturated rings. The maximum atomic E-state index is 11.8. The Labute approximate surface area is 167 Å². The predicted octanol–water partition coefficient (Wildman–Crippen LogP) is 4.42. The number of hydrogen-bond acceptors (Lipinski definition) is 4. The van der Waals surface area contributed by atoms with Gasteiger partial charge in [-0.25, -0.2) is 4.98 Å². The van der Waals surface area contributed by atoms with Crippen molar-refractivity contribution in [3.8, 4) is 11.6 Å². The molecule has 3 rings (SSSR count). The summed E-state index contributed by atoms with van der Waals surface area (Å²) in [5, 5.41) is 5.96. The van der Waals surface area contributed by atoms with E-state index in [0.29, 0.717) is 23.9 Å². The van der Waals surface area contributed by atoms with Crippen LogP contribution in [0.5, 0.6) is 11.6 Å². The molecule has 0 spiro atoms. The van der Waals surface area contributed by atoms with E-state index in [1.807, 2.05) is 24.3 Å². The molecule has 0 atom stereocenters. The molecule has 2 N–H and O–H groups in total. The second-order valence-electron chi connectivity index (χ2n) is 5.57. The summed E-state index contributed by atoms with van der Waals surface area (Å²) >= 11 is 3.39. The van der Waals surface area contributed by atoms with Gasteiger partial charge in [-0.2, -0.15) is 0 Å².